The van der Waals surface area contributed by atoms with Crippen LogP contribution in [0.1, 0.15) is 132 Å². The molecule has 3 N–H and O–H groups in total. The minimum absolute atomic E-state index is 0.0105. The molecule has 5 saturated carbocycles. The molecule has 9 unspecified atom stereocenters. The number of nitriles is 1. The molecular weight excluding hydrogens is 606 g/mol. The standard InChI is InChI=1S/C43H57N3O3/c1-40(2)35-17-20-41(3)33-16-23-43(19-7-12-34(43)32(33)13-14-36(41)42(35,4)21-18-37(40)47)22-15-28-8-6-11-31(25-28)39(49)46-45-38(48)26-29-9-5-10-30(24-29)27-44/h5-6,8-11,24-25,32-37,47H,7,12-23,26H2,1-4H3,(H,45,48)(H,46,49). The van der Waals surface area contributed by atoms with Gasteiger partial charge in [-0.2, -0.15) is 5.26 Å². The van der Waals surface area contributed by atoms with Crippen molar-refractivity contribution in [2.45, 2.75) is 124 Å². The van der Waals surface area contributed by atoms with Crippen LogP contribution in [0.5, 0.6) is 0 Å². The number of benzene rings is 2. The summed E-state index contributed by atoms with van der Waals surface area (Å²) in [6, 6.07) is 17.0. The van der Waals surface area contributed by atoms with Crippen molar-refractivity contribution >= 4 is 11.8 Å². The maximum atomic E-state index is 13.0. The Labute approximate surface area is 293 Å². The molecule has 6 heteroatoms. The third-order valence-electron chi connectivity index (χ3n) is 15.5. The summed E-state index contributed by atoms with van der Waals surface area (Å²) in [6.07, 6.45) is 16.4. The van der Waals surface area contributed by atoms with Crippen LogP contribution in [0.25, 0.3) is 0 Å². The summed E-state index contributed by atoms with van der Waals surface area (Å²) in [5.74, 6) is 3.23. The first kappa shape index (κ1) is 34.3. The van der Waals surface area contributed by atoms with Crippen molar-refractivity contribution in [3.63, 3.8) is 0 Å². The number of amides is 2. The molecule has 5 aliphatic carbocycles. The SMILES string of the molecule is CC1(C)C(O)CCC2(C)C1CCC1(C)C3CCC4(CCc5cccc(C(=O)NNC(=O)Cc6cccc(C#N)c6)c5)CCCC4C3CCC12. The Morgan fingerprint density at radius 3 is 2.41 bits per heavy atom. The van der Waals surface area contributed by atoms with Crippen molar-refractivity contribution < 1.29 is 14.7 Å². The summed E-state index contributed by atoms with van der Waals surface area (Å²) in [6.45, 7) is 10.0. The summed E-state index contributed by atoms with van der Waals surface area (Å²) >= 11 is 0. The molecule has 0 saturated heterocycles. The Kier molecular flexibility index (Phi) is 9.00. The van der Waals surface area contributed by atoms with Crippen molar-refractivity contribution in [2.75, 3.05) is 0 Å². The average Bonchev–Trinajstić information content (AvgIpc) is 3.53. The van der Waals surface area contributed by atoms with Crippen LogP contribution >= 0.6 is 0 Å². The van der Waals surface area contributed by atoms with Gasteiger partial charge in [0, 0.05) is 5.56 Å². The summed E-state index contributed by atoms with van der Waals surface area (Å²) in [5, 5.41) is 20.1. The number of aliphatic hydroxyl groups is 1. The Morgan fingerprint density at radius 1 is 0.816 bits per heavy atom. The van der Waals surface area contributed by atoms with Gasteiger partial charge in [0.1, 0.15) is 0 Å². The molecule has 49 heavy (non-hydrogen) atoms. The van der Waals surface area contributed by atoms with Gasteiger partial charge in [-0.25, -0.2) is 0 Å². The Bertz CT molecular complexity index is 1630. The lowest BCUT2D eigenvalue weighted by Gasteiger charge is -2.69. The molecule has 2 aromatic rings. The van der Waals surface area contributed by atoms with Gasteiger partial charge in [-0.1, -0.05) is 58.4 Å². The van der Waals surface area contributed by atoms with Crippen LogP contribution in [0.15, 0.2) is 48.5 Å². The van der Waals surface area contributed by atoms with Crippen LogP contribution < -0.4 is 10.9 Å². The second-order valence-electron chi connectivity index (χ2n) is 18.0. The van der Waals surface area contributed by atoms with E-state index in [2.05, 4.69) is 50.7 Å². The highest BCUT2D eigenvalue weighted by atomic mass is 16.3. The van der Waals surface area contributed by atoms with Gasteiger partial charge in [0.2, 0.25) is 5.91 Å². The molecule has 6 nitrogen and oxygen atoms in total. The Hall–Kier alpha value is -3.17. The summed E-state index contributed by atoms with van der Waals surface area (Å²) in [7, 11) is 0. The summed E-state index contributed by atoms with van der Waals surface area (Å²) in [4.78, 5) is 25.5. The predicted octanol–water partition coefficient (Wildman–Crippen LogP) is 8.32. The quantitative estimate of drug-likeness (QED) is 0.271. The van der Waals surface area contributed by atoms with E-state index in [-0.39, 0.29) is 29.8 Å². The third-order valence-corrected chi connectivity index (χ3v) is 15.5. The third kappa shape index (κ3) is 5.92. The highest BCUT2D eigenvalue weighted by Gasteiger charge is 2.66. The van der Waals surface area contributed by atoms with Crippen molar-refractivity contribution in [3.8, 4) is 6.07 Å². The molecule has 0 aromatic heterocycles. The van der Waals surface area contributed by atoms with Crippen LogP contribution in [0.3, 0.4) is 0 Å². The number of nitrogens with one attached hydrogen (secondary N) is 2. The van der Waals surface area contributed by atoms with Gasteiger partial charge in [0.25, 0.3) is 5.91 Å². The van der Waals surface area contributed by atoms with E-state index in [1.54, 1.807) is 24.3 Å². The molecule has 7 rings (SSSR count). The number of aliphatic hydroxyl groups excluding tert-OH is 1. The number of aryl methyl sites for hydroxylation is 1. The molecule has 2 aromatic carbocycles. The average molecular weight is 664 g/mol. The monoisotopic (exact) mass is 663 g/mol. The molecule has 0 bridgehead atoms. The number of carbonyl (C=O) groups is 2. The normalized spacial score (nSPS) is 37.4. The van der Waals surface area contributed by atoms with Crippen molar-refractivity contribution in [3.05, 3.63) is 70.8 Å². The van der Waals surface area contributed by atoms with Gasteiger partial charge in [-0.05, 0) is 164 Å². The van der Waals surface area contributed by atoms with E-state index in [0.717, 1.165) is 42.1 Å². The minimum atomic E-state index is -0.326. The number of rotatable bonds is 6. The smallest absolute Gasteiger partial charge is 0.269 e. The second-order valence-corrected chi connectivity index (χ2v) is 18.0. The first-order valence-electron chi connectivity index (χ1n) is 19.2. The van der Waals surface area contributed by atoms with Crippen molar-refractivity contribution in [1.29, 1.82) is 5.26 Å². The highest BCUT2D eigenvalue weighted by Crippen LogP contribution is 2.73. The maximum absolute atomic E-state index is 13.0. The minimum Gasteiger partial charge on any atom is -0.393 e. The fourth-order valence-electron chi connectivity index (χ4n) is 13.2. The van der Waals surface area contributed by atoms with E-state index in [1.165, 1.54) is 76.2 Å². The maximum Gasteiger partial charge on any atom is 0.269 e. The van der Waals surface area contributed by atoms with Crippen LogP contribution in [-0.4, -0.2) is 23.0 Å². The number of nitrogens with zero attached hydrogens (tertiary/aromatic N) is 1. The molecule has 0 aliphatic heterocycles. The van der Waals surface area contributed by atoms with E-state index in [9.17, 15) is 14.7 Å². The van der Waals surface area contributed by atoms with Crippen molar-refractivity contribution in [2.24, 2.45) is 51.2 Å². The Balaban J connectivity index is 0.986. The fourth-order valence-corrected chi connectivity index (χ4v) is 13.2. The lowest BCUT2D eigenvalue weighted by atomic mass is 9.36. The number of fused-ring (bicyclic) bond motifs is 7. The first-order valence-corrected chi connectivity index (χ1v) is 19.2. The molecule has 0 heterocycles. The molecule has 0 spiro atoms. The second kappa shape index (κ2) is 12.9. The first-order chi connectivity index (χ1) is 23.4. The van der Waals surface area contributed by atoms with Gasteiger partial charge in [0.15, 0.2) is 0 Å². The van der Waals surface area contributed by atoms with E-state index in [4.69, 9.17) is 5.26 Å². The van der Waals surface area contributed by atoms with Gasteiger partial charge in [-0.3, -0.25) is 20.4 Å². The van der Waals surface area contributed by atoms with E-state index in [0.29, 0.717) is 33.3 Å². The largest absolute Gasteiger partial charge is 0.393 e. The molecule has 5 aliphatic rings. The zero-order valence-electron chi connectivity index (χ0n) is 30.2. The fraction of sp³-hybridized carbons (Fsp3) is 0.651. The van der Waals surface area contributed by atoms with Crippen LogP contribution in [0.2, 0.25) is 0 Å². The van der Waals surface area contributed by atoms with Crippen LogP contribution in [-0.2, 0) is 17.6 Å². The van der Waals surface area contributed by atoms with Gasteiger partial charge < -0.3 is 5.11 Å². The number of hydrogen-bond acceptors (Lipinski definition) is 4. The van der Waals surface area contributed by atoms with E-state index < -0.39 is 0 Å². The van der Waals surface area contributed by atoms with E-state index in [1.807, 2.05) is 18.2 Å². The topological polar surface area (TPSA) is 102 Å². The molecule has 2 amide bonds. The van der Waals surface area contributed by atoms with Crippen molar-refractivity contribution in [1.82, 2.24) is 10.9 Å². The van der Waals surface area contributed by atoms with Crippen LogP contribution in [0.4, 0.5) is 0 Å². The molecule has 5 fully saturated rings. The lowest BCUT2D eigenvalue weighted by Crippen LogP contribution is -2.63. The number of carbonyl (C=O) groups excluding carboxylic acids is 2. The lowest BCUT2D eigenvalue weighted by molar-refractivity contribution is -0.214. The molecular formula is C43H57N3O3. The van der Waals surface area contributed by atoms with E-state index >= 15 is 0 Å². The highest BCUT2D eigenvalue weighted by molar-refractivity contribution is 5.95. The van der Waals surface area contributed by atoms with Gasteiger partial charge in [0.05, 0.1) is 24.2 Å². The predicted molar refractivity (Wildman–Crippen MR) is 192 cm³/mol. The number of hydrogen-bond donors (Lipinski definition) is 3. The van der Waals surface area contributed by atoms with Crippen LogP contribution in [0, 0.1) is 62.6 Å². The zero-order chi connectivity index (χ0) is 34.6. The summed E-state index contributed by atoms with van der Waals surface area (Å²) < 4.78 is 0. The van der Waals surface area contributed by atoms with Gasteiger partial charge in [-0.15, -0.1) is 0 Å². The zero-order valence-corrected chi connectivity index (χ0v) is 30.2. The Morgan fingerprint density at radius 2 is 1.59 bits per heavy atom. The van der Waals surface area contributed by atoms with Gasteiger partial charge >= 0.3 is 0 Å². The molecule has 9 atom stereocenters. The molecule has 0 radical (unpaired) electrons. The number of hydrazine groups is 1. The summed E-state index contributed by atoms with van der Waals surface area (Å²) in [5.41, 5.74) is 9.29. The molecule has 262 valence electrons.